The number of halogens is 1. The van der Waals surface area contributed by atoms with E-state index in [0.29, 0.717) is 25.7 Å². The third-order valence-electron chi connectivity index (χ3n) is 3.85. The first-order valence-electron chi connectivity index (χ1n) is 8.38. The van der Waals surface area contributed by atoms with Gasteiger partial charge in [0, 0.05) is 27.2 Å². The van der Waals surface area contributed by atoms with Gasteiger partial charge in [0.2, 0.25) is 0 Å². The van der Waals surface area contributed by atoms with Crippen LogP contribution >= 0.6 is 24.0 Å². The highest BCUT2D eigenvalue weighted by Gasteiger charge is 2.05. The lowest BCUT2D eigenvalue weighted by molar-refractivity contribution is 0.146. The Labute approximate surface area is 163 Å². The van der Waals surface area contributed by atoms with Crippen molar-refractivity contribution in [3.8, 4) is 5.75 Å². The summed E-state index contributed by atoms with van der Waals surface area (Å²) in [7, 11) is 3.47. The van der Waals surface area contributed by atoms with Gasteiger partial charge in [0.25, 0.3) is 0 Å². The van der Waals surface area contributed by atoms with Gasteiger partial charge in [-0.3, -0.25) is 4.99 Å². The van der Waals surface area contributed by atoms with Crippen LogP contribution < -0.4 is 15.4 Å². The summed E-state index contributed by atoms with van der Waals surface area (Å²) >= 11 is 0. The Balaban J connectivity index is 0.00000529. The quantitative estimate of drug-likeness (QED) is 0.249. The van der Waals surface area contributed by atoms with Crippen molar-refractivity contribution in [1.82, 2.24) is 10.6 Å². The summed E-state index contributed by atoms with van der Waals surface area (Å²) in [4.78, 5) is 4.27. The van der Waals surface area contributed by atoms with E-state index in [1.54, 1.807) is 14.2 Å². The number of rotatable bonds is 10. The van der Waals surface area contributed by atoms with E-state index in [0.717, 1.165) is 23.8 Å². The van der Waals surface area contributed by atoms with Gasteiger partial charge in [-0.15, -0.1) is 24.0 Å². The van der Waals surface area contributed by atoms with Crippen LogP contribution in [-0.2, 0) is 11.3 Å². The van der Waals surface area contributed by atoms with Crippen LogP contribution in [0.3, 0.4) is 0 Å². The van der Waals surface area contributed by atoms with Gasteiger partial charge in [-0.2, -0.15) is 0 Å². The molecule has 5 nitrogen and oxygen atoms in total. The summed E-state index contributed by atoms with van der Waals surface area (Å²) in [6.45, 7) is 7.26. The first kappa shape index (κ1) is 23.0. The molecule has 0 fully saturated rings. The molecule has 6 heteroatoms. The first-order chi connectivity index (χ1) is 11.2. The highest BCUT2D eigenvalue weighted by atomic mass is 127. The maximum absolute atomic E-state index is 5.63. The molecule has 138 valence electrons. The van der Waals surface area contributed by atoms with Gasteiger partial charge in [-0.05, 0) is 23.6 Å². The minimum absolute atomic E-state index is 0. The highest BCUT2D eigenvalue weighted by molar-refractivity contribution is 14.0. The molecular weight excluding hydrogens is 417 g/mol. The van der Waals surface area contributed by atoms with Gasteiger partial charge in [-0.1, -0.05) is 38.8 Å². The Morgan fingerprint density at radius 3 is 2.54 bits per heavy atom. The second-order valence-electron chi connectivity index (χ2n) is 5.48. The molecule has 0 atom stereocenters. The molecular formula is C18H32IN3O2. The minimum Gasteiger partial charge on any atom is -0.491 e. The number of hydrogen-bond acceptors (Lipinski definition) is 3. The van der Waals surface area contributed by atoms with Crippen molar-refractivity contribution in [2.75, 3.05) is 33.9 Å². The Morgan fingerprint density at radius 1 is 1.17 bits per heavy atom. The van der Waals surface area contributed by atoms with Gasteiger partial charge in [0.1, 0.15) is 12.4 Å². The number of methoxy groups -OCH3 is 1. The molecule has 0 aliphatic rings. The van der Waals surface area contributed by atoms with Gasteiger partial charge in [0.15, 0.2) is 5.96 Å². The molecule has 1 aromatic rings. The molecule has 24 heavy (non-hydrogen) atoms. The van der Waals surface area contributed by atoms with Crippen molar-refractivity contribution in [3.63, 3.8) is 0 Å². The molecule has 0 spiro atoms. The van der Waals surface area contributed by atoms with Gasteiger partial charge >= 0.3 is 0 Å². The van der Waals surface area contributed by atoms with Crippen LogP contribution in [0, 0.1) is 5.92 Å². The van der Waals surface area contributed by atoms with Crippen LogP contribution in [0.25, 0.3) is 0 Å². The largest absolute Gasteiger partial charge is 0.491 e. The molecule has 0 aliphatic heterocycles. The summed E-state index contributed by atoms with van der Waals surface area (Å²) in [6, 6.07) is 8.07. The maximum Gasteiger partial charge on any atom is 0.191 e. The number of hydrogen-bond donors (Lipinski definition) is 2. The fourth-order valence-electron chi connectivity index (χ4n) is 2.21. The molecule has 0 heterocycles. The fourth-order valence-corrected chi connectivity index (χ4v) is 2.21. The molecule has 0 saturated heterocycles. The Hall–Kier alpha value is -1.02. The van der Waals surface area contributed by atoms with Crippen LogP contribution in [0.2, 0.25) is 0 Å². The van der Waals surface area contributed by atoms with E-state index in [-0.39, 0.29) is 24.0 Å². The first-order valence-corrected chi connectivity index (χ1v) is 8.38. The minimum atomic E-state index is 0. The lowest BCUT2D eigenvalue weighted by Gasteiger charge is -2.17. The van der Waals surface area contributed by atoms with Crippen molar-refractivity contribution in [2.45, 2.75) is 33.2 Å². The standard InChI is InChI=1S/C18H31N3O2.HI/c1-5-15(6-2)13-20-18(19-3)21-14-16-8-7-9-17(12-16)23-11-10-22-4;/h7-9,12,15H,5-6,10-11,13-14H2,1-4H3,(H2,19,20,21);1H. The van der Waals surface area contributed by atoms with Gasteiger partial charge in [-0.25, -0.2) is 0 Å². The third kappa shape index (κ3) is 9.32. The predicted octanol–water partition coefficient (Wildman–Crippen LogP) is 3.43. The molecule has 2 N–H and O–H groups in total. The topological polar surface area (TPSA) is 54.9 Å². The summed E-state index contributed by atoms with van der Waals surface area (Å²) in [5.41, 5.74) is 1.16. The summed E-state index contributed by atoms with van der Waals surface area (Å²) in [6.07, 6.45) is 2.36. The van der Waals surface area contributed by atoms with Crippen molar-refractivity contribution in [2.24, 2.45) is 10.9 Å². The van der Waals surface area contributed by atoms with Crippen LogP contribution in [0.1, 0.15) is 32.3 Å². The number of guanidine groups is 1. The van der Waals surface area contributed by atoms with Gasteiger partial charge < -0.3 is 20.1 Å². The number of benzene rings is 1. The zero-order chi connectivity index (χ0) is 16.9. The Bertz CT molecular complexity index is 465. The van der Waals surface area contributed by atoms with Crippen molar-refractivity contribution in [1.29, 1.82) is 0 Å². The average molecular weight is 449 g/mol. The van der Waals surface area contributed by atoms with E-state index in [4.69, 9.17) is 9.47 Å². The Morgan fingerprint density at radius 2 is 1.92 bits per heavy atom. The molecule has 0 aromatic heterocycles. The monoisotopic (exact) mass is 449 g/mol. The van der Waals surface area contributed by atoms with E-state index in [1.807, 2.05) is 18.2 Å². The van der Waals surface area contributed by atoms with Crippen molar-refractivity contribution in [3.05, 3.63) is 29.8 Å². The molecule has 0 unspecified atom stereocenters. The molecule has 1 rings (SSSR count). The number of nitrogens with one attached hydrogen (secondary N) is 2. The van der Waals surface area contributed by atoms with Gasteiger partial charge in [0.05, 0.1) is 6.61 Å². The average Bonchev–Trinajstić information content (AvgIpc) is 2.59. The third-order valence-corrected chi connectivity index (χ3v) is 3.85. The molecule has 1 aromatic carbocycles. The SMILES string of the molecule is CCC(CC)CNC(=NC)NCc1cccc(OCCOC)c1.I. The number of ether oxygens (including phenoxy) is 2. The maximum atomic E-state index is 5.63. The van der Waals surface area contributed by atoms with E-state index < -0.39 is 0 Å². The summed E-state index contributed by atoms with van der Waals surface area (Å²) in [5.74, 6) is 2.38. The summed E-state index contributed by atoms with van der Waals surface area (Å²) in [5, 5.41) is 6.73. The molecule has 0 aliphatic carbocycles. The Kier molecular flexibility index (Phi) is 13.7. The van der Waals surface area contributed by atoms with Crippen LogP contribution in [-0.4, -0.2) is 39.9 Å². The van der Waals surface area contributed by atoms with Crippen molar-refractivity contribution < 1.29 is 9.47 Å². The lowest BCUT2D eigenvalue weighted by Crippen LogP contribution is -2.39. The highest BCUT2D eigenvalue weighted by Crippen LogP contribution is 2.13. The zero-order valence-corrected chi connectivity index (χ0v) is 17.6. The second-order valence-corrected chi connectivity index (χ2v) is 5.48. The lowest BCUT2D eigenvalue weighted by atomic mass is 10.0. The number of aliphatic imine (C=N–C) groups is 1. The molecule has 0 amide bonds. The smallest absolute Gasteiger partial charge is 0.191 e. The van der Waals surface area contributed by atoms with Crippen LogP contribution in [0.5, 0.6) is 5.75 Å². The zero-order valence-electron chi connectivity index (χ0n) is 15.3. The fraction of sp³-hybridized carbons (Fsp3) is 0.611. The molecule has 0 bridgehead atoms. The van der Waals surface area contributed by atoms with Crippen LogP contribution in [0.15, 0.2) is 29.3 Å². The predicted molar refractivity (Wildman–Crippen MR) is 112 cm³/mol. The van der Waals surface area contributed by atoms with Crippen molar-refractivity contribution >= 4 is 29.9 Å². The van der Waals surface area contributed by atoms with E-state index >= 15 is 0 Å². The second kappa shape index (κ2) is 14.3. The van der Waals surface area contributed by atoms with E-state index in [1.165, 1.54) is 12.8 Å². The number of nitrogens with zero attached hydrogens (tertiary/aromatic N) is 1. The van der Waals surface area contributed by atoms with Crippen LogP contribution in [0.4, 0.5) is 0 Å². The molecule has 0 radical (unpaired) electrons. The normalized spacial score (nSPS) is 11.1. The van der Waals surface area contributed by atoms with E-state index in [2.05, 4.69) is 35.5 Å². The molecule has 0 saturated carbocycles. The summed E-state index contributed by atoms with van der Waals surface area (Å²) < 4.78 is 10.6. The van der Waals surface area contributed by atoms with E-state index in [9.17, 15) is 0 Å².